The van der Waals surface area contributed by atoms with Crippen molar-refractivity contribution in [2.45, 2.75) is 6.10 Å². The monoisotopic (exact) mass is 245 g/mol. The first-order chi connectivity index (χ1) is 8.83. The van der Waals surface area contributed by atoms with E-state index in [1.165, 1.54) is 6.20 Å². The Morgan fingerprint density at radius 3 is 2.94 bits per heavy atom. The summed E-state index contributed by atoms with van der Waals surface area (Å²) in [5, 5.41) is 3.51. The number of carbonyl (C=O) groups is 1. The smallest absolute Gasteiger partial charge is 0.292 e. The summed E-state index contributed by atoms with van der Waals surface area (Å²) in [7, 11) is 0. The molecule has 2 aromatic rings. The second-order valence-corrected chi connectivity index (χ2v) is 4.02. The van der Waals surface area contributed by atoms with E-state index in [4.69, 9.17) is 9.26 Å². The van der Waals surface area contributed by atoms with Gasteiger partial charge in [0, 0.05) is 12.3 Å². The van der Waals surface area contributed by atoms with Crippen molar-refractivity contribution in [1.29, 1.82) is 0 Å². The molecule has 0 spiro atoms. The Labute approximate surface area is 103 Å². The van der Waals surface area contributed by atoms with Crippen LogP contribution in [0.4, 0.5) is 0 Å². The van der Waals surface area contributed by atoms with Gasteiger partial charge in [0.25, 0.3) is 5.91 Å². The number of aromatic nitrogens is 2. The summed E-state index contributed by atoms with van der Waals surface area (Å²) < 4.78 is 10.5. The largest absolute Gasteiger partial charge is 0.485 e. The normalized spacial score (nSPS) is 15.2. The molecule has 1 saturated heterocycles. The molecule has 0 saturated carbocycles. The Bertz CT molecular complexity index is 521. The maximum Gasteiger partial charge on any atom is 0.292 e. The molecule has 1 aliphatic heterocycles. The third-order valence-electron chi connectivity index (χ3n) is 2.72. The molecular formula is C12H11N3O3. The Morgan fingerprint density at radius 1 is 1.39 bits per heavy atom. The number of likely N-dealkylation sites (tertiary alicyclic amines) is 1. The van der Waals surface area contributed by atoms with Gasteiger partial charge in [0.1, 0.15) is 11.9 Å². The quantitative estimate of drug-likeness (QED) is 0.806. The van der Waals surface area contributed by atoms with E-state index in [1.54, 1.807) is 23.4 Å². The lowest BCUT2D eigenvalue weighted by Gasteiger charge is -2.38. The number of rotatable bonds is 3. The topological polar surface area (TPSA) is 68.5 Å². The zero-order valence-electron chi connectivity index (χ0n) is 9.52. The van der Waals surface area contributed by atoms with Gasteiger partial charge >= 0.3 is 0 Å². The standard InChI is InChI=1S/C12H11N3O3/c16-12(11-3-5-14-18-11)15-7-10(8-15)17-9-2-1-4-13-6-9/h1-6,10H,7-8H2. The first-order valence-electron chi connectivity index (χ1n) is 5.59. The average Bonchev–Trinajstić information content (AvgIpc) is 2.87. The van der Waals surface area contributed by atoms with E-state index in [0.29, 0.717) is 18.8 Å². The number of hydrogen-bond donors (Lipinski definition) is 0. The molecule has 92 valence electrons. The van der Waals surface area contributed by atoms with E-state index in [-0.39, 0.29) is 17.8 Å². The fourth-order valence-electron chi connectivity index (χ4n) is 1.77. The van der Waals surface area contributed by atoms with Gasteiger partial charge in [-0.3, -0.25) is 9.78 Å². The lowest BCUT2D eigenvalue weighted by molar-refractivity contribution is 0.0148. The molecule has 3 heterocycles. The Kier molecular flexibility index (Phi) is 2.68. The van der Waals surface area contributed by atoms with Gasteiger partial charge in [-0.1, -0.05) is 5.16 Å². The van der Waals surface area contributed by atoms with Gasteiger partial charge in [-0.05, 0) is 12.1 Å². The van der Waals surface area contributed by atoms with E-state index in [2.05, 4.69) is 10.1 Å². The van der Waals surface area contributed by atoms with Crippen LogP contribution < -0.4 is 4.74 Å². The molecule has 2 aromatic heterocycles. The highest BCUT2D eigenvalue weighted by Crippen LogP contribution is 2.18. The lowest BCUT2D eigenvalue weighted by Crippen LogP contribution is -2.56. The molecule has 0 bridgehead atoms. The Balaban J connectivity index is 1.53. The maximum absolute atomic E-state index is 11.8. The second-order valence-electron chi connectivity index (χ2n) is 4.02. The third-order valence-corrected chi connectivity index (χ3v) is 2.72. The van der Waals surface area contributed by atoms with E-state index < -0.39 is 0 Å². The zero-order chi connectivity index (χ0) is 12.4. The molecule has 1 aliphatic rings. The Hall–Kier alpha value is -2.37. The summed E-state index contributed by atoms with van der Waals surface area (Å²) in [5.41, 5.74) is 0. The van der Waals surface area contributed by atoms with Gasteiger partial charge in [-0.15, -0.1) is 0 Å². The number of pyridine rings is 1. The van der Waals surface area contributed by atoms with Crippen molar-refractivity contribution in [1.82, 2.24) is 15.0 Å². The van der Waals surface area contributed by atoms with Crippen molar-refractivity contribution in [3.8, 4) is 5.75 Å². The minimum absolute atomic E-state index is 0.0149. The number of nitrogens with zero attached hydrogens (tertiary/aromatic N) is 3. The summed E-state index contributed by atoms with van der Waals surface area (Å²) in [6.45, 7) is 1.10. The molecule has 1 fully saturated rings. The van der Waals surface area contributed by atoms with Crippen LogP contribution in [0.3, 0.4) is 0 Å². The summed E-state index contributed by atoms with van der Waals surface area (Å²) >= 11 is 0. The minimum atomic E-state index is -0.154. The number of carbonyl (C=O) groups excluding carboxylic acids is 1. The molecule has 0 radical (unpaired) electrons. The van der Waals surface area contributed by atoms with Crippen molar-refractivity contribution < 1.29 is 14.1 Å². The molecule has 6 heteroatoms. The predicted octanol–water partition coefficient (Wildman–Crippen LogP) is 0.973. The molecule has 0 atom stereocenters. The zero-order valence-corrected chi connectivity index (χ0v) is 9.52. The summed E-state index contributed by atoms with van der Waals surface area (Å²) in [6, 6.07) is 5.21. The van der Waals surface area contributed by atoms with Gasteiger partial charge in [-0.25, -0.2) is 0 Å². The molecule has 0 aliphatic carbocycles. The van der Waals surface area contributed by atoms with Crippen molar-refractivity contribution >= 4 is 5.91 Å². The van der Waals surface area contributed by atoms with Gasteiger partial charge < -0.3 is 14.2 Å². The van der Waals surface area contributed by atoms with Crippen LogP contribution in [0.5, 0.6) is 5.75 Å². The number of amides is 1. The van der Waals surface area contributed by atoms with Crippen LogP contribution in [0, 0.1) is 0 Å². The summed E-state index contributed by atoms with van der Waals surface area (Å²) in [5.74, 6) is 0.822. The lowest BCUT2D eigenvalue weighted by atomic mass is 10.1. The van der Waals surface area contributed by atoms with Gasteiger partial charge in [0.15, 0.2) is 0 Å². The SMILES string of the molecule is O=C(c1ccno1)N1CC(Oc2cccnc2)C1. The van der Waals surface area contributed by atoms with Crippen LogP contribution in [-0.4, -0.2) is 40.1 Å². The second kappa shape index (κ2) is 4.48. The number of hydrogen-bond acceptors (Lipinski definition) is 5. The number of ether oxygens (including phenoxy) is 1. The molecule has 0 aromatic carbocycles. The fourth-order valence-corrected chi connectivity index (χ4v) is 1.77. The van der Waals surface area contributed by atoms with Crippen LogP contribution in [0.25, 0.3) is 0 Å². The average molecular weight is 245 g/mol. The molecule has 6 nitrogen and oxygen atoms in total. The molecular weight excluding hydrogens is 234 g/mol. The fraction of sp³-hybridized carbons (Fsp3) is 0.250. The third kappa shape index (κ3) is 2.04. The van der Waals surface area contributed by atoms with Gasteiger partial charge in [0.2, 0.25) is 5.76 Å². The maximum atomic E-state index is 11.8. The first-order valence-corrected chi connectivity index (χ1v) is 5.59. The first kappa shape index (κ1) is 10.8. The summed E-state index contributed by atoms with van der Waals surface area (Å²) in [6.07, 6.45) is 4.81. The van der Waals surface area contributed by atoms with Crippen molar-refractivity contribution in [2.24, 2.45) is 0 Å². The van der Waals surface area contributed by atoms with Crippen molar-refractivity contribution in [3.63, 3.8) is 0 Å². The van der Waals surface area contributed by atoms with Crippen LogP contribution in [0.2, 0.25) is 0 Å². The van der Waals surface area contributed by atoms with Crippen LogP contribution in [0.15, 0.2) is 41.3 Å². The van der Waals surface area contributed by atoms with E-state index in [0.717, 1.165) is 0 Å². The molecule has 3 rings (SSSR count). The van der Waals surface area contributed by atoms with Gasteiger partial charge in [0.05, 0.1) is 25.5 Å². The van der Waals surface area contributed by atoms with Crippen LogP contribution >= 0.6 is 0 Å². The van der Waals surface area contributed by atoms with E-state index in [9.17, 15) is 4.79 Å². The van der Waals surface area contributed by atoms with Crippen molar-refractivity contribution in [2.75, 3.05) is 13.1 Å². The highest BCUT2D eigenvalue weighted by Gasteiger charge is 2.34. The van der Waals surface area contributed by atoms with E-state index in [1.807, 2.05) is 12.1 Å². The van der Waals surface area contributed by atoms with Crippen LogP contribution in [-0.2, 0) is 0 Å². The predicted molar refractivity (Wildman–Crippen MR) is 61.1 cm³/mol. The molecule has 0 unspecified atom stereocenters. The highest BCUT2D eigenvalue weighted by atomic mass is 16.5. The highest BCUT2D eigenvalue weighted by molar-refractivity contribution is 5.91. The van der Waals surface area contributed by atoms with Gasteiger partial charge in [-0.2, -0.15) is 0 Å². The van der Waals surface area contributed by atoms with Crippen LogP contribution in [0.1, 0.15) is 10.6 Å². The molecule has 0 N–H and O–H groups in total. The Morgan fingerprint density at radius 2 is 2.28 bits per heavy atom. The van der Waals surface area contributed by atoms with E-state index >= 15 is 0 Å². The molecule has 18 heavy (non-hydrogen) atoms. The summed E-state index contributed by atoms with van der Waals surface area (Å²) in [4.78, 5) is 17.4. The molecule has 1 amide bonds. The van der Waals surface area contributed by atoms with Crippen molar-refractivity contribution in [3.05, 3.63) is 42.5 Å². The minimum Gasteiger partial charge on any atom is -0.485 e.